The minimum Gasteiger partial charge on any atom is -0.625 e. The number of hydrogen-bond donors (Lipinski definition) is 1. The van der Waals surface area contributed by atoms with Crippen molar-refractivity contribution in [3.63, 3.8) is 0 Å². The van der Waals surface area contributed by atoms with Crippen LogP contribution in [0.5, 0.6) is 0 Å². The van der Waals surface area contributed by atoms with E-state index in [9.17, 15) is 14.7 Å². The number of amides is 1. The average molecular weight is 626 g/mol. The molecule has 4 aromatic carbocycles. The van der Waals surface area contributed by atoms with Crippen molar-refractivity contribution in [2.24, 2.45) is 4.99 Å². The molecular weight excluding hydrogens is 593 g/mol. The van der Waals surface area contributed by atoms with Crippen LogP contribution in [0.4, 0.5) is 5.69 Å². The summed E-state index contributed by atoms with van der Waals surface area (Å²) >= 11 is 6.52. The normalized spacial score (nSPS) is 17.9. The quantitative estimate of drug-likeness (QED) is 0.151. The Bertz CT molecular complexity index is 1610. The number of nitrogens with zero attached hydrogens (tertiary/aromatic N) is 3. The molecule has 1 heterocycles. The summed E-state index contributed by atoms with van der Waals surface area (Å²) in [4.78, 5) is 33.1. The van der Waals surface area contributed by atoms with E-state index in [4.69, 9.17) is 16.6 Å². The zero-order chi connectivity index (χ0) is 29.0. The zero-order valence-electron chi connectivity index (χ0n) is 23.6. The number of aliphatic imine (C=N–C) groups is 1. The van der Waals surface area contributed by atoms with E-state index < -0.39 is 17.6 Å². The molecule has 0 aromatic heterocycles. The van der Waals surface area contributed by atoms with Crippen LogP contribution in [0.15, 0.2) is 96.0 Å². The van der Waals surface area contributed by atoms with Crippen molar-refractivity contribution in [2.45, 2.75) is 44.7 Å². The number of fused-ring (bicyclic) bond motifs is 1. The van der Waals surface area contributed by atoms with Gasteiger partial charge < -0.3 is 15.2 Å². The second-order valence-corrected chi connectivity index (χ2v) is 11.0. The van der Waals surface area contributed by atoms with Gasteiger partial charge in [-0.15, -0.1) is 5.69 Å². The number of carboxylic acids is 1. The molecule has 0 radical (unpaired) electrons. The molecule has 0 aliphatic carbocycles. The molecule has 2 atom stereocenters. The van der Waals surface area contributed by atoms with Crippen molar-refractivity contribution in [3.8, 4) is 0 Å². The molecule has 1 N–H and O–H groups in total. The summed E-state index contributed by atoms with van der Waals surface area (Å²) in [6, 6.07) is 27.8. The Kier molecular flexibility index (Phi) is 10.2. The summed E-state index contributed by atoms with van der Waals surface area (Å²) in [6.07, 6.45) is 1.48. The molecule has 4 aromatic rings. The van der Waals surface area contributed by atoms with Gasteiger partial charge in [-0.1, -0.05) is 97.4 Å². The Morgan fingerprint density at radius 2 is 1.74 bits per heavy atom. The molecular formula is C34H33ClN3NiO3-. The van der Waals surface area contributed by atoms with Crippen LogP contribution in [-0.2, 0) is 26.1 Å². The number of likely N-dealkylation sites (tertiary alicyclic amines) is 1. The number of halogens is 1. The summed E-state index contributed by atoms with van der Waals surface area (Å²) in [7, 11) is 0. The Labute approximate surface area is 261 Å². The monoisotopic (exact) mass is 624 g/mol. The van der Waals surface area contributed by atoms with Crippen LogP contribution in [0.25, 0.3) is 16.1 Å². The van der Waals surface area contributed by atoms with E-state index in [2.05, 4.69) is 17.1 Å². The number of rotatable bonds is 9. The van der Waals surface area contributed by atoms with Gasteiger partial charge in [-0.05, 0) is 66.9 Å². The molecule has 42 heavy (non-hydrogen) atoms. The van der Waals surface area contributed by atoms with Crippen LogP contribution in [0, 0.1) is 0 Å². The number of benzene rings is 4. The fourth-order valence-electron chi connectivity index (χ4n) is 5.78. The maximum atomic E-state index is 13.7. The zero-order valence-corrected chi connectivity index (χ0v) is 25.3. The molecule has 220 valence electrons. The third-order valence-electron chi connectivity index (χ3n) is 7.95. The molecule has 0 saturated carbocycles. The number of carbonyl (C=O) groups excluding carboxylic acids is 1. The van der Waals surface area contributed by atoms with Gasteiger partial charge >= 0.3 is 5.97 Å². The molecule has 0 bridgehead atoms. The molecule has 1 saturated heterocycles. The van der Waals surface area contributed by atoms with E-state index in [1.807, 2.05) is 79.7 Å². The van der Waals surface area contributed by atoms with Crippen LogP contribution in [0.3, 0.4) is 0 Å². The topological polar surface area (TPSA) is 84.1 Å². The smallest absolute Gasteiger partial charge is 0.305 e. The summed E-state index contributed by atoms with van der Waals surface area (Å²) < 4.78 is 0. The molecule has 6 nitrogen and oxygen atoms in total. The van der Waals surface area contributed by atoms with E-state index in [1.165, 1.54) is 0 Å². The van der Waals surface area contributed by atoms with Gasteiger partial charge in [0.2, 0.25) is 0 Å². The van der Waals surface area contributed by atoms with Crippen LogP contribution in [0.2, 0.25) is 5.02 Å². The second-order valence-electron chi connectivity index (χ2n) is 10.6. The third kappa shape index (κ3) is 6.59. The van der Waals surface area contributed by atoms with Crippen LogP contribution < -0.4 is 0 Å². The van der Waals surface area contributed by atoms with Gasteiger partial charge in [-0.2, -0.15) is 0 Å². The Morgan fingerprint density at radius 3 is 2.48 bits per heavy atom. The van der Waals surface area contributed by atoms with E-state index in [0.29, 0.717) is 22.0 Å². The van der Waals surface area contributed by atoms with Crippen molar-refractivity contribution in [1.82, 2.24) is 4.90 Å². The van der Waals surface area contributed by atoms with Gasteiger partial charge in [0.05, 0.1) is 29.6 Å². The molecule has 0 spiro atoms. The molecule has 1 aliphatic heterocycles. The van der Waals surface area contributed by atoms with Crippen LogP contribution in [0.1, 0.15) is 55.8 Å². The first kappa shape index (κ1) is 31.4. The van der Waals surface area contributed by atoms with Gasteiger partial charge in [-0.3, -0.25) is 14.7 Å². The van der Waals surface area contributed by atoms with Gasteiger partial charge in [0, 0.05) is 27.1 Å². The number of hydrogen-bond acceptors (Lipinski definition) is 4. The second kappa shape index (κ2) is 13.6. The van der Waals surface area contributed by atoms with E-state index in [-0.39, 0.29) is 28.8 Å². The van der Waals surface area contributed by atoms with Gasteiger partial charge in [0.15, 0.2) is 0 Å². The minimum absolute atomic E-state index is 0. The van der Waals surface area contributed by atoms with Gasteiger partial charge in [0.25, 0.3) is 0 Å². The van der Waals surface area contributed by atoms with Crippen molar-refractivity contribution in [1.29, 1.82) is 0 Å². The first-order valence-electron chi connectivity index (χ1n) is 13.9. The summed E-state index contributed by atoms with van der Waals surface area (Å²) in [5.74, 6) is -1.16. The minimum atomic E-state index is -0.959. The molecule has 1 aliphatic rings. The fraction of sp³-hybridized carbons (Fsp3) is 0.265. The molecule has 1 fully saturated rings. The predicted molar refractivity (Wildman–Crippen MR) is 165 cm³/mol. The number of carboxylic acid groups (broad SMARTS) is 1. The number of aliphatic carboxylic acids is 1. The van der Waals surface area contributed by atoms with E-state index in [1.54, 1.807) is 18.2 Å². The van der Waals surface area contributed by atoms with Crippen molar-refractivity contribution in [2.75, 3.05) is 13.1 Å². The predicted octanol–water partition coefficient (Wildman–Crippen LogP) is 7.95. The molecule has 5 rings (SSSR count). The Balaban J connectivity index is 0.00000405. The molecule has 0 unspecified atom stereocenters. The number of likely N-dealkylation sites (N-methyl/N-ethyl adjacent to an activating group) is 1. The van der Waals surface area contributed by atoms with E-state index >= 15 is 0 Å². The largest absolute Gasteiger partial charge is 0.625 e. The molecule has 8 heteroatoms. The molecule has 1 amide bonds. The average Bonchev–Trinajstić information content (AvgIpc) is 3.38. The van der Waals surface area contributed by atoms with Crippen molar-refractivity contribution >= 4 is 45.6 Å². The Hall–Kier alpha value is -3.51. The maximum absolute atomic E-state index is 13.7. The summed E-state index contributed by atoms with van der Waals surface area (Å²) in [6.45, 7) is 5.64. The maximum Gasteiger partial charge on any atom is 0.305 e. The van der Waals surface area contributed by atoms with Crippen LogP contribution >= 0.6 is 11.6 Å². The standard InChI is InChI=1S/C34H34ClN3O3.Ni/c1-3-38-20-10-19-34(38,2)33(41)37-29-18-17-25(35)21-28(29)32(24-12-5-4-6-13-24)36-30(22-31(39)40)27-16-9-14-23-11-7-8-15-26(23)27;/h4-9,11-18,21,30H,3,10,19-20,22H2,1-2H3,(H2,36,37,39,40,41);/p-1/t30-,34+;/m0./s1. The van der Waals surface area contributed by atoms with Crippen molar-refractivity contribution < 1.29 is 31.2 Å². The SMILES string of the molecule is CCN1CCC[C@]1(C)C(=O)[N-]c1ccc(Cl)cc1C(=N[C@@H](CC(=O)O)c1cccc2ccccc12)c1ccccc1.[Ni]. The van der Waals surface area contributed by atoms with Gasteiger partial charge in [0.1, 0.15) is 0 Å². The first-order chi connectivity index (χ1) is 19.8. The Morgan fingerprint density at radius 1 is 1.02 bits per heavy atom. The first-order valence-corrected chi connectivity index (χ1v) is 14.3. The third-order valence-corrected chi connectivity index (χ3v) is 8.19. The van der Waals surface area contributed by atoms with Crippen LogP contribution in [-0.4, -0.2) is 46.2 Å². The summed E-state index contributed by atoms with van der Waals surface area (Å²) in [5, 5.41) is 17.0. The van der Waals surface area contributed by atoms with Gasteiger partial charge in [-0.25, -0.2) is 0 Å². The fourth-order valence-corrected chi connectivity index (χ4v) is 5.95. The van der Waals surface area contributed by atoms with E-state index in [0.717, 1.165) is 47.8 Å². The number of carbonyl (C=O) groups is 2. The summed E-state index contributed by atoms with van der Waals surface area (Å²) in [5.41, 5.74) is 2.48. The van der Waals surface area contributed by atoms with Crippen molar-refractivity contribution in [3.05, 3.63) is 118 Å².